The van der Waals surface area contributed by atoms with Crippen LogP contribution in [-0.2, 0) is 16.0 Å². The molecule has 5 nitrogen and oxygen atoms in total. The van der Waals surface area contributed by atoms with Crippen molar-refractivity contribution in [1.29, 1.82) is 0 Å². The number of rotatable bonds is 13. The average molecular weight is 522 g/mol. The van der Waals surface area contributed by atoms with Gasteiger partial charge in [0, 0.05) is 41.2 Å². The number of halogens is 1. The number of carbonyl (C=O) groups is 2. The first-order valence-corrected chi connectivity index (χ1v) is 13.6. The molecule has 36 heavy (non-hydrogen) atoms. The zero-order chi connectivity index (χ0) is 25.1. The summed E-state index contributed by atoms with van der Waals surface area (Å²) in [7, 11) is 0. The molecule has 2 aromatic rings. The van der Waals surface area contributed by atoms with E-state index < -0.39 is 11.9 Å². The third kappa shape index (κ3) is 7.24. The van der Waals surface area contributed by atoms with Gasteiger partial charge < -0.3 is 14.4 Å². The Kier molecular flexibility index (Phi) is 10.7. The topological polar surface area (TPSA) is 83.2 Å². The molecule has 4 rings (SSSR count). The van der Waals surface area contributed by atoms with E-state index in [4.69, 9.17) is 16.1 Å². The molecule has 2 aliphatic rings. The van der Waals surface area contributed by atoms with Crippen molar-refractivity contribution < 1.29 is 48.8 Å². The quantitative estimate of drug-likeness (QED) is 0.378. The van der Waals surface area contributed by atoms with Crippen LogP contribution in [0.15, 0.2) is 22.7 Å². The van der Waals surface area contributed by atoms with E-state index >= 15 is 0 Å². The van der Waals surface area contributed by atoms with Crippen molar-refractivity contribution in [1.82, 2.24) is 5.16 Å². The summed E-state index contributed by atoms with van der Waals surface area (Å²) in [4.78, 5) is 24.6. The zero-order valence-electron chi connectivity index (χ0n) is 22.1. The fraction of sp³-hybridized carbons (Fsp3) is 0.621. The molecule has 1 atom stereocenters. The summed E-state index contributed by atoms with van der Waals surface area (Å²) in [6.07, 6.45) is 8.11. The first-order valence-electron chi connectivity index (χ1n) is 13.2. The normalized spacial score (nSPS) is 20.0. The third-order valence-electron chi connectivity index (χ3n) is 8.07. The summed E-state index contributed by atoms with van der Waals surface area (Å²) < 4.78 is 5.91. The monoisotopic (exact) mass is 521 g/mol. The molecule has 0 spiro atoms. The maximum absolute atomic E-state index is 13.0. The number of carbonyl (C=O) groups excluding carboxylic acids is 2. The van der Waals surface area contributed by atoms with Crippen molar-refractivity contribution in [2.75, 3.05) is 0 Å². The minimum Gasteiger partial charge on any atom is -0.550 e. The minimum atomic E-state index is -1.17. The molecule has 2 fully saturated rings. The zero-order valence-corrected chi connectivity index (χ0v) is 24.9. The second-order valence-corrected chi connectivity index (χ2v) is 11.3. The Morgan fingerprint density at radius 2 is 1.83 bits per heavy atom. The molecule has 1 aromatic heterocycles. The van der Waals surface area contributed by atoms with E-state index in [0.717, 1.165) is 60.0 Å². The molecule has 0 aliphatic heterocycles. The number of carboxylic acids is 1. The number of hydrogen-bond acceptors (Lipinski definition) is 5. The van der Waals surface area contributed by atoms with Crippen molar-refractivity contribution in [2.45, 2.75) is 103 Å². The van der Waals surface area contributed by atoms with Crippen LogP contribution in [0.25, 0.3) is 0 Å². The standard InChI is InChI=1S/C29H38ClNO4.Na/c1-4-18(5-2)11-19-12-23(13-19)29-27(20-8-9-20)28(31-35-29)22(16-26(33)34)15-24(32)14-21-7-6-17(3)10-25(21)30;/h6-7,10,18-20,22-23H,4-5,8-9,11-16H2,1-3H3,(H,33,34);/q;+1/p-1/t19?,22-,23?;/m0./s1. The third-order valence-corrected chi connectivity index (χ3v) is 8.42. The van der Waals surface area contributed by atoms with Crippen molar-refractivity contribution in [2.24, 2.45) is 11.8 Å². The second-order valence-electron chi connectivity index (χ2n) is 10.9. The first kappa shape index (κ1) is 29.4. The van der Waals surface area contributed by atoms with Gasteiger partial charge in [0.2, 0.25) is 0 Å². The number of carboxylic acid groups (broad SMARTS) is 1. The molecule has 0 unspecified atom stereocenters. The summed E-state index contributed by atoms with van der Waals surface area (Å²) >= 11 is 6.33. The van der Waals surface area contributed by atoms with Gasteiger partial charge in [0.25, 0.3) is 0 Å². The number of aliphatic carboxylic acids is 1. The van der Waals surface area contributed by atoms with Gasteiger partial charge in [-0.2, -0.15) is 0 Å². The summed E-state index contributed by atoms with van der Waals surface area (Å²) in [5.41, 5.74) is 3.54. The van der Waals surface area contributed by atoms with Gasteiger partial charge in [-0.3, -0.25) is 4.79 Å². The van der Waals surface area contributed by atoms with Crippen molar-refractivity contribution >= 4 is 23.4 Å². The largest absolute Gasteiger partial charge is 1.00 e. The number of ketones is 1. The number of aryl methyl sites for hydroxylation is 1. The Labute approximate surface area is 242 Å². The fourth-order valence-corrected chi connectivity index (χ4v) is 6.05. The van der Waals surface area contributed by atoms with Gasteiger partial charge >= 0.3 is 29.6 Å². The molecular weight excluding hydrogens is 485 g/mol. The van der Waals surface area contributed by atoms with Crippen LogP contribution in [0.4, 0.5) is 0 Å². The molecule has 2 aliphatic carbocycles. The van der Waals surface area contributed by atoms with Gasteiger partial charge in [0.1, 0.15) is 11.5 Å². The van der Waals surface area contributed by atoms with Crippen LogP contribution in [0, 0.1) is 18.8 Å². The van der Waals surface area contributed by atoms with Crippen molar-refractivity contribution in [3.63, 3.8) is 0 Å². The van der Waals surface area contributed by atoms with Crippen LogP contribution in [0.3, 0.4) is 0 Å². The number of nitrogens with zero attached hydrogens (tertiary/aromatic N) is 1. The van der Waals surface area contributed by atoms with Crippen LogP contribution in [0.1, 0.15) is 118 Å². The van der Waals surface area contributed by atoms with E-state index in [1.807, 2.05) is 25.1 Å². The van der Waals surface area contributed by atoms with Gasteiger partial charge in [-0.15, -0.1) is 0 Å². The Morgan fingerprint density at radius 3 is 2.42 bits per heavy atom. The van der Waals surface area contributed by atoms with E-state index in [1.165, 1.54) is 19.3 Å². The Morgan fingerprint density at radius 1 is 1.14 bits per heavy atom. The number of benzene rings is 1. The Balaban J connectivity index is 0.00000361. The molecule has 0 saturated heterocycles. The smallest absolute Gasteiger partial charge is 0.550 e. The molecule has 7 heteroatoms. The SMILES string of the molecule is CCC(CC)CC1CC(c2onc([C@H](CC(=O)[O-])CC(=O)Cc3ccc(C)cc3Cl)c2C2CC2)C1.[Na+]. The molecule has 190 valence electrons. The van der Waals surface area contributed by atoms with Crippen molar-refractivity contribution in [3.8, 4) is 0 Å². The molecule has 0 amide bonds. The van der Waals surface area contributed by atoms with Crippen molar-refractivity contribution in [3.05, 3.63) is 51.4 Å². The fourth-order valence-electron chi connectivity index (χ4n) is 5.75. The maximum atomic E-state index is 13.0. The van der Waals surface area contributed by atoms with Crippen LogP contribution < -0.4 is 34.7 Å². The maximum Gasteiger partial charge on any atom is 1.00 e. The van der Waals surface area contributed by atoms with E-state index in [1.54, 1.807) is 0 Å². The van der Waals surface area contributed by atoms with Crippen LogP contribution in [0.5, 0.6) is 0 Å². The predicted molar refractivity (Wildman–Crippen MR) is 135 cm³/mol. The number of Topliss-reactive ketones (excluding diaryl/α,β-unsaturated/α-hetero) is 1. The van der Waals surface area contributed by atoms with E-state index in [2.05, 4.69) is 19.0 Å². The first-order chi connectivity index (χ1) is 16.8. The van der Waals surface area contributed by atoms with E-state index in [9.17, 15) is 14.7 Å². The molecule has 2 saturated carbocycles. The summed E-state index contributed by atoms with van der Waals surface area (Å²) in [6.45, 7) is 6.48. The summed E-state index contributed by atoms with van der Waals surface area (Å²) in [6, 6.07) is 5.63. The van der Waals surface area contributed by atoms with Gasteiger partial charge in [-0.05, 0) is 80.4 Å². The van der Waals surface area contributed by atoms with Gasteiger partial charge in [0.15, 0.2) is 0 Å². The van der Waals surface area contributed by atoms with Crippen LogP contribution >= 0.6 is 11.6 Å². The molecule has 0 N–H and O–H groups in total. The molecular formula is C29H37ClNNaO4. The minimum absolute atomic E-state index is 0. The second kappa shape index (κ2) is 13.1. The summed E-state index contributed by atoms with van der Waals surface area (Å²) in [5.74, 6) is 1.43. The Bertz CT molecular complexity index is 1050. The van der Waals surface area contributed by atoms with Crippen LogP contribution in [0.2, 0.25) is 5.02 Å². The van der Waals surface area contributed by atoms with Gasteiger partial charge in [-0.25, -0.2) is 0 Å². The predicted octanol–water partition coefficient (Wildman–Crippen LogP) is 3.26. The van der Waals surface area contributed by atoms with Crippen LogP contribution in [-0.4, -0.2) is 16.9 Å². The summed E-state index contributed by atoms with van der Waals surface area (Å²) in [5, 5.41) is 16.6. The van der Waals surface area contributed by atoms with E-state index in [0.29, 0.717) is 22.6 Å². The Hall–Kier alpha value is -1.14. The van der Waals surface area contributed by atoms with Gasteiger partial charge in [-0.1, -0.05) is 55.6 Å². The van der Waals surface area contributed by atoms with E-state index in [-0.39, 0.29) is 54.6 Å². The molecule has 0 bridgehead atoms. The molecule has 1 aromatic carbocycles. The molecule has 1 heterocycles. The number of aromatic nitrogens is 1. The average Bonchev–Trinajstić information content (AvgIpc) is 3.53. The number of hydrogen-bond donors (Lipinski definition) is 0. The molecule has 0 radical (unpaired) electrons. The van der Waals surface area contributed by atoms with Gasteiger partial charge in [0.05, 0.1) is 5.69 Å².